The average Bonchev–Trinajstić information content (AvgIpc) is 2.96. The van der Waals surface area contributed by atoms with Crippen molar-refractivity contribution >= 4 is 5.82 Å². The molecule has 0 atom stereocenters. The highest BCUT2D eigenvalue weighted by atomic mass is 16.5. The van der Waals surface area contributed by atoms with Crippen molar-refractivity contribution in [2.75, 3.05) is 5.73 Å². The van der Waals surface area contributed by atoms with Crippen molar-refractivity contribution in [2.45, 2.75) is 20.4 Å². The van der Waals surface area contributed by atoms with Gasteiger partial charge in [-0.3, -0.25) is 4.68 Å². The van der Waals surface area contributed by atoms with E-state index in [1.54, 1.807) is 6.07 Å². The third kappa shape index (κ3) is 2.18. The molecule has 20 heavy (non-hydrogen) atoms. The highest BCUT2D eigenvalue weighted by Gasteiger charge is 2.17. The zero-order valence-electron chi connectivity index (χ0n) is 11.5. The highest BCUT2D eigenvalue weighted by molar-refractivity contribution is 5.65. The summed E-state index contributed by atoms with van der Waals surface area (Å²) in [7, 11) is 0. The van der Waals surface area contributed by atoms with Gasteiger partial charge in [0, 0.05) is 11.8 Å². The summed E-state index contributed by atoms with van der Waals surface area (Å²) in [6, 6.07) is 12.0. The van der Waals surface area contributed by atoms with E-state index < -0.39 is 0 Å². The first kappa shape index (κ1) is 12.5. The Kier molecular flexibility index (Phi) is 3.02. The first-order valence-electron chi connectivity index (χ1n) is 6.45. The summed E-state index contributed by atoms with van der Waals surface area (Å²) in [5.41, 5.74) is 9.74. The molecular weight excluding hydrogens is 252 g/mol. The van der Waals surface area contributed by atoms with E-state index in [0.717, 1.165) is 23.5 Å². The molecule has 0 aliphatic carbocycles. The predicted octanol–water partition coefficient (Wildman–Crippen LogP) is 2.79. The van der Waals surface area contributed by atoms with Crippen LogP contribution in [0.4, 0.5) is 5.82 Å². The van der Waals surface area contributed by atoms with E-state index in [2.05, 4.69) is 22.4 Å². The number of anilines is 1. The molecule has 2 N–H and O–H groups in total. The third-order valence-corrected chi connectivity index (χ3v) is 3.33. The van der Waals surface area contributed by atoms with Gasteiger partial charge in [0.25, 0.3) is 0 Å². The molecule has 0 aliphatic rings. The van der Waals surface area contributed by atoms with Gasteiger partial charge in [-0.1, -0.05) is 35.5 Å². The minimum absolute atomic E-state index is 0.384. The minimum Gasteiger partial charge on any atom is -0.381 e. The molecule has 0 spiro atoms. The Bertz CT molecular complexity index is 728. The second-order valence-electron chi connectivity index (χ2n) is 4.81. The summed E-state index contributed by atoms with van der Waals surface area (Å²) in [5.74, 6) is 1.05. The van der Waals surface area contributed by atoms with Crippen LogP contribution in [0.1, 0.15) is 17.0 Å². The zero-order valence-corrected chi connectivity index (χ0v) is 11.5. The molecule has 0 saturated carbocycles. The molecule has 1 aromatic carbocycles. The molecule has 5 nitrogen and oxygen atoms in total. The summed E-state index contributed by atoms with van der Waals surface area (Å²) < 4.78 is 7.22. The second-order valence-corrected chi connectivity index (χ2v) is 4.81. The Morgan fingerprint density at radius 1 is 1.20 bits per heavy atom. The van der Waals surface area contributed by atoms with Gasteiger partial charge in [-0.05, 0) is 19.4 Å². The molecule has 0 bridgehead atoms. The fraction of sp³-hybridized carbons (Fsp3) is 0.200. The van der Waals surface area contributed by atoms with Crippen LogP contribution in [0.25, 0.3) is 11.3 Å². The number of benzene rings is 1. The molecule has 3 rings (SSSR count). The van der Waals surface area contributed by atoms with Crippen molar-refractivity contribution in [2.24, 2.45) is 0 Å². The van der Waals surface area contributed by atoms with Crippen LogP contribution in [0.5, 0.6) is 0 Å². The van der Waals surface area contributed by atoms with E-state index in [1.807, 2.05) is 36.7 Å². The molecular formula is C15H16N4O. The molecule has 5 heteroatoms. The quantitative estimate of drug-likeness (QED) is 0.793. The monoisotopic (exact) mass is 268 g/mol. The van der Waals surface area contributed by atoms with Crippen LogP contribution in [-0.2, 0) is 6.54 Å². The maximum absolute atomic E-state index is 5.61. The molecule has 0 fully saturated rings. The number of hydrogen-bond acceptors (Lipinski definition) is 4. The Balaban J connectivity index is 1.99. The fourth-order valence-electron chi connectivity index (χ4n) is 2.37. The normalized spacial score (nSPS) is 10.9. The van der Waals surface area contributed by atoms with E-state index in [-0.39, 0.29) is 0 Å². The van der Waals surface area contributed by atoms with E-state index in [9.17, 15) is 0 Å². The lowest BCUT2D eigenvalue weighted by molar-refractivity contribution is 0.435. The summed E-state index contributed by atoms with van der Waals surface area (Å²) in [4.78, 5) is 0. The van der Waals surface area contributed by atoms with Gasteiger partial charge in [0.1, 0.15) is 0 Å². The van der Waals surface area contributed by atoms with Gasteiger partial charge in [-0.15, -0.1) is 0 Å². The van der Waals surface area contributed by atoms with Crippen molar-refractivity contribution < 1.29 is 4.52 Å². The van der Waals surface area contributed by atoms with Crippen LogP contribution < -0.4 is 5.73 Å². The van der Waals surface area contributed by atoms with Crippen LogP contribution in [0, 0.1) is 13.8 Å². The van der Waals surface area contributed by atoms with Gasteiger partial charge in [0.15, 0.2) is 11.6 Å². The Morgan fingerprint density at radius 2 is 1.95 bits per heavy atom. The topological polar surface area (TPSA) is 69.9 Å². The molecule has 0 aliphatic heterocycles. The third-order valence-electron chi connectivity index (χ3n) is 3.33. The van der Waals surface area contributed by atoms with Crippen molar-refractivity contribution in [1.82, 2.24) is 14.9 Å². The Labute approximate surface area is 117 Å². The first-order valence-corrected chi connectivity index (χ1v) is 6.45. The molecule has 2 heterocycles. The largest absolute Gasteiger partial charge is 0.381 e. The van der Waals surface area contributed by atoms with Crippen molar-refractivity contribution in [3.63, 3.8) is 0 Å². The lowest BCUT2D eigenvalue weighted by Crippen LogP contribution is -2.03. The molecule has 2 aromatic heterocycles. The van der Waals surface area contributed by atoms with Gasteiger partial charge in [-0.25, -0.2) is 0 Å². The highest BCUT2D eigenvalue weighted by Crippen LogP contribution is 2.28. The molecule has 0 saturated heterocycles. The van der Waals surface area contributed by atoms with E-state index >= 15 is 0 Å². The molecule has 0 radical (unpaired) electrons. The lowest BCUT2D eigenvalue weighted by Gasteiger charge is -2.04. The number of nitrogens with zero attached hydrogens (tertiary/aromatic N) is 3. The molecule has 102 valence electrons. The van der Waals surface area contributed by atoms with E-state index in [4.69, 9.17) is 10.3 Å². The number of hydrogen-bond donors (Lipinski definition) is 1. The van der Waals surface area contributed by atoms with Gasteiger partial charge in [-0.2, -0.15) is 5.10 Å². The maximum atomic E-state index is 5.61. The second kappa shape index (κ2) is 4.85. The number of rotatable bonds is 3. The summed E-state index contributed by atoms with van der Waals surface area (Å²) in [6.45, 7) is 4.72. The summed E-state index contributed by atoms with van der Waals surface area (Å²) >= 11 is 0. The number of aromatic nitrogens is 3. The van der Waals surface area contributed by atoms with E-state index in [1.165, 1.54) is 5.56 Å². The number of aryl methyl sites for hydroxylation is 1. The fourth-order valence-corrected chi connectivity index (χ4v) is 2.37. The van der Waals surface area contributed by atoms with Gasteiger partial charge in [0.05, 0.1) is 17.8 Å². The van der Waals surface area contributed by atoms with Crippen LogP contribution in [-0.4, -0.2) is 14.9 Å². The SMILES string of the molecule is Cc1nn(Cc2ccccc2)c(C)c1-c1cc(N)no1. The van der Waals surface area contributed by atoms with Gasteiger partial charge >= 0.3 is 0 Å². The van der Waals surface area contributed by atoms with E-state index in [0.29, 0.717) is 11.6 Å². The number of nitrogens with two attached hydrogens (primary N) is 1. The smallest absolute Gasteiger partial charge is 0.172 e. The molecule has 0 amide bonds. The van der Waals surface area contributed by atoms with Gasteiger partial charge in [0.2, 0.25) is 0 Å². The van der Waals surface area contributed by atoms with Crippen molar-refractivity contribution in [3.8, 4) is 11.3 Å². The predicted molar refractivity (Wildman–Crippen MR) is 77.2 cm³/mol. The lowest BCUT2D eigenvalue weighted by atomic mass is 10.1. The number of nitrogen functional groups attached to an aromatic ring is 1. The minimum atomic E-state index is 0.384. The molecule has 0 unspecified atom stereocenters. The van der Waals surface area contributed by atoms with Crippen LogP contribution >= 0.6 is 0 Å². The zero-order chi connectivity index (χ0) is 14.1. The maximum Gasteiger partial charge on any atom is 0.172 e. The summed E-state index contributed by atoms with van der Waals surface area (Å²) in [6.07, 6.45) is 0. The Morgan fingerprint density at radius 3 is 2.60 bits per heavy atom. The summed E-state index contributed by atoms with van der Waals surface area (Å²) in [5, 5.41) is 8.31. The van der Waals surface area contributed by atoms with Crippen LogP contribution in [0.3, 0.4) is 0 Å². The average molecular weight is 268 g/mol. The van der Waals surface area contributed by atoms with Crippen molar-refractivity contribution in [3.05, 3.63) is 53.3 Å². The Hall–Kier alpha value is -2.56. The molecule has 3 aromatic rings. The van der Waals surface area contributed by atoms with Gasteiger partial charge < -0.3 is 10.3 Å². The van der Waals surface area contributed by atoms with Crippen LogP contribution in [0.2, 0.25) is 0 Å². The van der Waals surface area contributed by atoms with Crippen molar-refractivity contribution in [1.29, 1.82) is 0 Å². The first-order chi connectivity index (χ1) is 9.65. The standard InChI is InChI=1S/C15H16N4O/c1-10-15(13-8-14(16)18-20-13)11(2)19(17-10)9-12-6-4-3-5-7-12/h3-8H,9H2,1-2H3,(H2,16,18). The van der Waals surface area contributed by atoms with Crippen LogP contribution in [0.15, 0.2) is 40.9 Å².